The zero-order valence-corrected chi connectivity index (χ0v) is 11.4. The Labute approximate surface area is 116 Å². The molecule has 20 heavy (non-hydrogen) atoms. The Hall–Kier alpha value is -2.15. The van der Waals surface area contributed by atoms with Gasteiger partial charge in [-0.15, -0.1) is 0 Å². The summed E-state index contributed by atoms with van der Waals surface area (Å²) in [5.41, 5.74) is 7.88. The van der Waals surface area contributed by atoms with Crippen molar-refractivity contribution < 1.29 is 4.79 Å². The first-order chi connectivity index (χ1) is 9.63. The van der Waals surface area contributed by atoms with Gasteiger partial charge in [0.15, 0.2) is 0 Å². The number of nitrogens with one attached hydrogen (secondary N) is 2. The predicted octanol–water partition coefficient (Wildman–Crippen LogP) is -0.0801. The van der Waals surface area contributed by atoms with Gasteiger partial charge in [-0.25, -0.2) is 9.97 Å². The van der Waals surface area contributed by atoms with Gasteiger partial charge in [0.1, 0.15) is 17.8 Å². The number of hydrogen-bond donors (Lipinski definition) is 3. The number of rotatable bonds is 4. The van der Waals surface area contributed by atoms with E-state index in [0.29, 0.717) is 19.5 Å². The molecular weight excluding hydrogens is 256 g/mol. The molecule has 3 rings (SSSR count). The van der Waals surface area contributed by atoms with E-state index in [1.165, 1.54) is 0 Å². The fourth-order valence-electron chi connectivity index (χ4n) is 2.80. The molecule has 7 heteroatoms. The maximum absolute atomic E-state index is 10.4. The van der Waals surface area contributed by atoms with E-state index in [4.69, 9.17) is 5.73 Å². The summed E-state index contributed by atoms with van der Waals surface area (Å²) in [6.07, 6.45) is 5.01. The SMILES string of the molecule is Cc1c[nH]c2ncnc(N3CC[C@@](N)(CNC=O)C3)c12. The number of nitrogens with zero attached hydrogens (tertiary/aromatic N) is 3. The fourth-order valence-corrected chi connectivity index (χ4v) is 2.80. The molecule has 0 spiro atoms. The summed E-state index contributed by atoms with van der Waals surface area (Å²) in [5.74, 6) is 0.909. The minimum absolute atomic E-state index is 0.400. The summed E-state index contributed by atoms with van der Waals surface area (Å²) >= 11 is 0. The number of aromatic nitrogens is 3. The van der Waals surface area contributed by atoms with Gasteiger partial charge in [0.05, 0.1) is 10.9 Å². The molecule has 106 valence electrons. The van der Waals surface area contributed by atoms with E-state index in [0.717, 1.165) is 35.4 Å². The summed E-state index contributed by atoms with van der Waals surface area (Å²) < 4.78 is 0. The first-order valence-electron chi connectivity index (χ1n) is 6.62. The molecule has 1 atom stereocenters. The van der Waals surface area contributed by atoms with Crippen molar-refractivity contribution in [3.8, 4) is 0 Å². The Kier molecular flexibility index (Phi) is 3.06. The largest absolute Gasteiger partial charge is 0.357 e. The Morgan fingerprint density at radius 2 is 2.45 bits per heavy atom. The summed E-state index contributed by atoms with van der Waals surface area (Å²) in [6.45, 7) is 4.01. The molecule has 1 aliphatic heterocycles. The predicted molar refractivity (Wildman–Crippen MR) is 76.4 cm³/mol. The second-order valence-electron chi connectivity index (χ2n) is 5.43. The highest BCUT2D eigenvalue weighted by Crippen LogP contribution is 2.30. The van der Waals surface area contributed by atoms with Crippen LogP contribution in [0.5, 0.6) is 0 Å². The van der Waals surface area contributed by atoms with Gasteiger partial charge >= 0.3 is 0 Å². The minimum atomic E-state index is -0.400. The number of aromatic amines is 1. The third-order valence-electron chi connectivity index (χ3n) is 3.87. The number of carbonyl (C=O) groups excluding carboxylic acids is 1. The van der Waals surface area contributed by atoms with E-state index >= 15 is 0 Å². The minimum Gasteiger partial charge on any atom is -0.357 e. The van der Waals surface area contributed by atoms with E-state index < -0.39 is 5.54 Å². The second-order valence-corrected chi connectivity index (χ2v) is 5.43. The molecule has 3 heterocycles. The average molecular weight is 274 g/mol. The van der Waals surface area contributed by atoms with Gasteiger partial charge in [-0.1, -0.05) is 0 Å². The van der Waals surface area contributed by atoms with Crippen molar-refractivity contribution in [3.63, 3.8) is 0 Å². The van der Waals surface area contributed by atoms with Gasteiger partial charge in [0.25, 0.3) is 0 Å². The molecule has 0 radical (unpaired) electrons. The highest BCUT2D eigenvalue weighted by molar-refractivity contribution is 5.90. The number of nitrogens with two attached hydrogens (primary N) is 1. The molecule has 1 saturated heterocycles. The van der Waals surface area contributed by atoms with Crippen molar-refractivity contribution in [2.75, 3.05) is 24.5 Å². The van der Waals surface area contributed by atoms with Crippen LogP contribution >= 0.6 is 0 Å². The lowest BCUT2D eigenvalue weighted by Crippen LogP contribution is -2.50. The van der Waals surface area contributed by atoms with Gasteiger partial charge in [-0.2, -0.15) is 0 Å². The zero-order valence-electron chi connectivity index (χ0n) is 11.4. The molecule has 1 amide bonds. The lowest BCUT2D eigenvalue weighted by Gasteiger charge is -2.24. The van der Waals surface area contributed by atoms with E-state index in [1.54, 1.807) is 6.33 Å². The van der Waals surface area contributed by atoms with E-state index in [-0.39, 0.29) is 0 Å². The summed E-state index contributed by atoms with van der Waals surface area (Å²) in [6, 6.07) is 0. The van der Waals surface area contributed by atoms with Crippen LogP contribution in [0.25, 0.3) is 11.0 Å². The van der Waals surface area contributed by atoms with Crippen LogP contribution in [0.1, 0.15) is 12.0 Å². The average Bonchev–Trinajstić information content (AvgIpc) is 3.02. The number of fused-ring (bicyclic) bond motifs is 1. The smallest absolute Gasteiger partial charge is 0.207 e. The van der Waals surface area contributed by atoms with Crippen molar-refractivity contribution in [3.05, 3.63) is 18.1 Å². The number of H-pyrrole nitrogens is 1. The van der Waals surface area contributed by atoms with Crippen LogP contribution in [-0.4, -0.2) is 46.5 Å². The number of amides is 1. The van der Waals surface area contributed by atoms with E-state index in [1.807, 2.05) is 13.1 Å². The van der Waals surface area contributed by atoms with Crippen LogP contribution in [0.15, 0.2) is 12.5 Å². The molecule has 2 aromatic rings. The van der Waals surface area contributed by atoms with Crippen molar-refractivity contribution in [2.24, 2.45) is 5.73 Å². The first-order valence-corrected chi connectivity index (χ1v) is 6.62. The van der Waals surface area contributed by atoms with Crippen LogP contribution in [0.2, 0.25) is 0 Å². The lowest BCUT2D eigenvalue weighted by molar-refractivity contribution is -0.109. The summed E-state index contributed by atoms with van der Waals surface area (Å²) in [4.78, 5) is 24.4. The highest BCUT2D eigenvalue weighted by Gasteiger charge is 2.35. The molecule has 4 N–H and O–H groups in total. The van der Waals surface area contributed by atoms with Gasteiger partial charge in [-0.3, -0.25) is 4.79 Å². The molecule has 1 fully saturated rings. The maximum atomic E-state index is 10.4. The molecule has 0 aromatic carbocycles. The Morgan fingerprint density at radius 3 is 3.25 bits per heavy atom. The van der Waals surface area contributed by atoms with Crippen LogP contribution in [-0.2, 0) is 4.79 Å². The van der Waals surface area contributed by atoms with Gasteiger partial charge in [-0.05, 0) is 18.9 Å². The standard InChI is InChI=1S/C13H18N6O/c1-9-4-16-11-10(9)12(18-7-17-11)19-3-2-13(14,6-19)5-15-8-20/h4,7-8H,2-3,5-6,14H2,1H3,(H,15,20)(H,16,17,18)/t13-/m1/s1. The van der Waals surface area contributed by atoms with Crippen LogP contribution in [0.3, 0.4) is 0 Å². The van der Waals surface area contributed by atoms with Crippen LogP contribution < -0.4 is 16.0 Å². The maximum Gasteiger partial charge on any atom is 0.207 e. The Morgan fingerprint density at radius 1 is 1.60 bits per heavy atom. The van der Waals surface area contributed by atoms with Crippen molar-refractivity contribution >= 4 is 23.3 Å². The fraction of sp³-hybridized carbons (Fsp3) is 0.462. The van der Waals surface area contributed by atoms with Crippen LogP contribution in [0.4, 0.5) is 5.82 Å². The number of carbonyl (C=O) groups is 1. The third kappa shape index (κ3) is 2.09. The van der Waals surface area contributed by atoms with E-state index in [2.05, 4.69) is 25.2 Å². The lowest BCUT2D eigenvalue weighted by atomic mass is 10.0. The third-order valence-corrected chi connectivity index (χ3v) is 3.87. The summed E-state index contributed by atoms with van der Waals surface area (Å²) in [5, 5.41) is 3.72. The van der Waals surface area contributed by atoms with Crippen molar-refractivity contribution in [1.82, 2.24) is 20.3 Å². The molecular formula is C13H18N6O. The zero-order chi connectivity index (χ0) is 14.2. The molecule has 0 bridgehead atoms. The Balaban J connectivity index is 1.90. The van der Waals surface area contributed by atoms with Gasteiger partial charge in [0, 0.05) is 25.8 Å². The van der Waals surface area contributed by atoms with Gasteiger partial charge < -0.3 is 20.9 Å². The van der Waals surface area contributed by atoms with E-state index in [9.17, 15) is 4.79 Å². The van der Waals surface area contributed by atoms with Gasteiger partial charge in [0.2, 0.25) is 6.41 Å². The number of aryl methyl sites for hydroxylation is 1. The molecule has 7 nitrogen and oxygen atoms in total. The number of hydrogen-bond acceptors (Lipinski definition) is 5. The van der Waals surface area contributed by atoms with Crippen molar-refractivity contribution in [2.45, 2.75) is 18.9 Å². The Bertz CT molecular complexity index is 639. The quantitative estimate of drug-likeness (QED) is 0.677. The topological polar surface area (TPSA) is 99.9 Å². The molecule has 1 aliphatic rings. The monoisotopic (exact) mass is 274 g/mol. The first kappa shape index (κ1) is 12.9. The normalized spacial score (nSPS) is 22.4. The molecule has 2 aromatic heterocycles. The highest BCUT2D eigenvalue weighted by atomic mass is 16.1. The number of anilines is 1. The van der Waals surface area contributed by atoms with Crippen molar-refractivity contribution in [1.29, 1.82) is 0 Å². The molecule has 0 aliphatic carbocycles. The molecule has 0 saturated carbocycles. The van der Waals surface area contributed by atoms with Crippen LogP contribution in [0, 0.1) is 6.92 Å². The summed E-state index contributed by atoms with van der Waals surface area (Å²) in [7, 11) is 0. The molecule has 0 unspecified atom stereocenters. The second kappa shape index (κ2) is 4.75.